The minimum Gasteiger partial charge on any atom is -0.344 e. The van der Waals surface area contributed by atoms with Crippen LogP contribution in [0.2, 0.25) is 0 Å². The van der Waals surface area contributed by atoms with Crippen molar-refractivity contribution >= 4 is 17.7 Å². The number of nitrogens with zero attached hydrogens (tertiary/aromatic N) is 1. The summed E-state index contributed by atoms with van der Waals surface area (Å²) in [5.74, 6) is 1.04. The molecule has 3 rings (SSSR count). The summed E-state index contributed by atoms with van der Waals surface area (Å²) in [6.07, 6.45) is 2.48. The van der Waals surface area contributed by atoms with Crippen molar-refractivity contribution in [2.24, 2.45) is 0 Å². The van der Waals surface area contributed by atoms with E-state index in [4.69, 9.17) is 0 Å². The lowest BCUT2D eigenvalue weighted by Crippen LogP contribution is -2.48. The molecule has 1 amide bonds. The van der Waals surface area contributed by atoms with E-state index in [1.165, 1.54) is 6.07 Å². The second kappa shape index (κ2) is 5.74. The largest absolute Gasteiger partial charge is 0.344 e. The van der Waals surface area contributed by atoms with Crippen LogP contribution in [0.15, 0.2) is 23.1 Å². The van der Waals surface area contributed by atoms with Crippen LogP contribution in [0.25, 0.3) is 0 Å². The molecule has 1 fully saturated rings. The van der Waals surface area contributed by atoms with Crippen molar-refractivity contribution in [3.63, 3.8) is 0 Å². The van der Waals surface area contributed by atoms with Gasteiger partial charge in [-0.15, -0.1) is 11.8 Å². The number of piperidine rings is 1. The number of carbonyl (C=O) groups excluding carboxylic acids is 1. The fraction of sp³-hybridized carbons (Fsp3) is 0.533. The maximum Gasteiger partial charge on any atom is 0.222 e. The Bertz CT molecular complexity index is 523. The minimum absolute atomic E-state index is 0.116. The van der Waals surface area contributed by atoms with E-state index < -0.39 is 0 Å². The number of likely N-dealkylation sites (tertiary alicyclic amines) is 1. The van der Waals surface area contributed by atoms with E-state index >= 15 is 0 Å². The van der Waals surface area contributed by atoms with E-state index in [1.807, 2.05) is 13.1 Å². The molecule has 20 heavy (non-hydrogen) atoms. The number of halogens is 1. The van der Waals surface area contributed by atoms with Gasteiger partial charge in [-0.25, -0.2) is 4.39 Å². The summed E-state index contributed by atoms with van der Waals surface area (Å²) in [4.78, 5) is 14.1. The summed E-state index contributed by atoms with van der Waals surface area (Å²) in [6, 6.07) is 5.84. The number of benzene rings is 1. The van der Waals surface area contributed by atoms with Gasteiger partial charge in [-0.1, -0.05) is 12.1 Å². The Morgan fingerprint density at radius 2 is 2.25 bits per heavy atom. The zero-order valence-electron chi connectivity index (χ0n) is 11.6. The van der Waals surface area contributed by atoms with Crippen LogP contribution in [-0.4, -0.2) is 36.2 Å². The van der Waals surface area contributed by atoms with Crippen molar-refractivity contribution in [2.75, 3.05) is 19.3 Å². The van der Waals surface area contributed by atoms with Gasteiger partial charge >= 0.3 is 0 Å². The lowest BCUT2D eigenvalue weighted by Gasteiger charge is -2.35. The average Bonchev–Trinajstić information content (AvgIpc) is 2.44. The van der Waals surface area contributed by atoms with Gasteiger partial charge in [-0.05, 0) is 30.2 Å². The summed E-state index contributed by atoms with van der Waals surface area (Å²) in [6.45, 7) is 0.743. The summed E-state index contributed by atoms with van der Waals surface area (Å²) >= 11 is 1.60. The van der Waals surface area contributed by atoms with Crippen LogP contribution in [-0.2, 0) is 4.79 Å². The van der Waals surface area contributed by atoms with Crippen LogP contribution < -0.4 is 5.32 Å². The Morgan fingerprint density at radius 1 is 1.40 bits per heavy atom. The highest BCUT2D eigenvalue weighted by atomic mass is 32.2. The Labute approximate surface area is 122 Å². The highest BCUT2D eigenvalue weighted by Crippen LogP contribution is 2.38. The normalized spacial score (nSPS) is 26.5. The summed E-state index contributed by atoms with van der Waals surface area (Å²) in [5, 5.41) is 3.62. The van der Waals surface area contributed by atoms with E-state index in [0.717, 1.165) is 35.6 Å². The first-order chi connectivity index (χ1) is 9.65. The van der Waals surface area contributed by atoms with Crippen LogP contribution in [0.5, 0.6) is 0 Å². The smallest absolute Gasteiger partial charge is 0.222 e. The third-order valence-corrected chi connectivity index (χ3v) is 5.25. The summed E-state index contributed by atoms with van der Waals surface area (Å²) < 4.78 is 13.8. The van der Waals surface area contributed by atoms with Crippen molar-refractivity contribution in [1.29, 1.82) is 0 Å². The monoisotopic (exact) mass is 294 g/mol. The first-order valence-corrected chi connectivity index (χ1v) is 8.05. The SMILES string of the molecule is CN1CC(NC2CCSc3c(F)cccc32)CCC1=O. The maximum atomic E-state index is 13.8. The molecule has 1 saturated heterocycles. The van der Waals surface area contributed by atoms with Gasteiger partial charge in [0.15, 0.2) is 0 Å². The molecule has 2 heterocycles. The standard InChI is InChI=1S/C15H19FN2OS/c1-18-9-10(5-6-14(18)19)17-13-7-8-20-15-11(13)3-2-4-12(15)16/h2-4,10,13,17H,5-9H2,1H3. The molecule has 0 bridgehead atoms. The van der Waals surface area contributed by atoms with Crippen molar-refractivity contribution in [3.05, 3.63) is 29.6 Å². The van der Waals surface area contributed by atoms with Crippen LogP contribution in [0.4, 0.5) is 4.39 Å². The van der Waals surface area contributed by atoms with Crippen LogP contribution >= 0.6 is 11.8 Å². The van der Waals surface area contributed by atoms with Crippen LogP contribution in [0, 0.1) is 5.82 Å². The van der Waals surface area contributed by atoms with Gasteiger partial charge in [0.2, 0.25) is 5.91 Å². The van der Waals surface area contributed by atoms with E-state index in [1.54, 1.807) is 22.7 Å². The topological polar surface area (TPSA) is 32.3 Å². The molecule has 0 aromatic heterocycles. The zero-order valence-corrected chi connectivity index (χ0v) is 12.4. The highest BCUT2D eigenvalue weighted by Gasteiger charge is 2.28. The molecule has 2 unspecified atom stereocenters. The molecule has 5 heteroatoms. The number of amides is 1. The van der Waals surface area contributed by atoms with E-state index in [9.17, 15) is 9.18 Å². The summed E-state index contributed by atoms with van der Waals surface area (Å²) in [5.41, 5.74) is 1.07. The second-order valence-electron chi connectivity index (χ2n) is 5.52. The lowest BCUT2D eigenvalue weighted by molar-refractivity contribution is -0.132. The fourth-order valence-electron chi connectivity index (χ4n) is 2.99. The number of carbonyl (C=O) groups is 1. The predicted octanol–water partition coefficient (Wildman–Crippen LogP) is 2.57. The second-order valence-corrected chi connectivity index (χ2v) is 6.63. The molecule has 108 valence electrons. The Morgan fingerprint density at radius 3 is 3.05 bits per heavy atom. The third kappa shape index (κ3) is 2.69. The molecular formula is C15H19FN2OS. The molecule has 3 nitrogen and oxygen atoms in total. The van der Waals surface area contributed by atoms with Gasteiger partial charge in [0.1, 0.15) is 5.82 Å². The molecule has 0 spiro atoms. The van der Waals surface area contributed by atoms with Gasteiger partial charge in [-0.2, -0.15) is 0 Å². The number of rotatable bonds is 2. The quantitative estimate of drug-likeness (QED) is 0.910. The number of nitrogens with one attached hydrogen (secondary N) is 1. The van der Waals surface area contributed by atoms with Crippen LogP contribution in [0.1, 0.15) is 30.9 Å². The van der Waals surface area contributed by atoms with E-state index in [2.05, 4.69) is 5.32 Å². The Hall–Kier alpha value is -1.07. The number of fused-ring (bicyclic) bond motifs is 1. The van der Waals surface area contributed by atoms with Crippen molar-refractivity contribution in [3.8, 4) is 0 Å². The maximum absolute atomic E-state index is 13.8. The van der Waals surface area contributed by atoms with Crippen molar-refractivity contribution in [1.82, 2.24) is 10.2 Å². The number of hydrogen-bond donors (Lipinski definition) is 1. The minimum atomic E-state index is -0.116. The molecule has 2 atom stereocenters. The van der Waals surface area contributed by atoms with Gasteiger partial charge in [0.05, 0.1) is 0 Å². The number of thioether (sulfide) groups is 1. The Balaban J connectivity index is 1.74. The molecule has 2 aliphatic rings. The molecule has 0 aliphatic carbocycles. The Kier molecular flexibility index (Phi) is 3.98. The molecular weight excluding hydrogens is 275 g/mol. The molecule has 1 aromatic rings. The van der Waals surface area contributed by atoms with E-state index in [0.29, 0.717) is 12.5 Å². The van der Waals surface area contributed by atoms with E-state index in [-0.39, 0.29) is 17.8 Å². The van der Waals surface area contributed by atoms with Crippen molar-refractivity contribution < 1.29 is 9.18 Å². The molecule has 1 N–H and O–H groups in total. The summed E-state index contributed by atoms with van der Waals surface area (Å²) in [7, 11) is 1.85. The molecule has 0 saturated carbocycles. The van der Waals surface area contributed by atoms with Gasteiger partial charge < -0.3 is 10.2 Å². The fourth-order valence-corrected chi connectivity index (χ4v) is 4.13. The third-order valence-electron chi connectivity index (χ3n) is 4.09. The van der Waals surface area contributed by atoms with Crippen LogP contribution in [0.3, 0.4) is 0 Å². The predicted molar refractivity (Wildman–Crippen MR) is 78.3 cm³/mol. The van der Waals surface area contributed by atoms with Gasteiger partial charge in [-0.3, -0.25) is 4.79 Å². The molecule has 0 radical (unpaired) electrons. The number of likely N-dealkylation sites (N-methyl/N-ethyl adjacent to an activating group) is 1. The lowest BCUT2D eigenvalue weighted by atomic mass is 9.99. The zero-order chi connectivity index (χ0) is 14.1. The van der Waals surface area contributed by atoms with Gasteiger partial charge in [0.25, 0.3) is 0 Å². The van der Waals surface area contributed by atoms with Crippen molar-refractivity contribution in [2.45, 2.75) is 36.2 Å². The van der Waals surface area contributed by atoms with Gasteiger partial charge in [0, 0.05) is 37.0 Å². The highest BCUT2D eigenvalue weighted by molar-refractivity contribution is 7.99. The number of hydrogen-bond acceptors (Lipinski definition) is 3. The average molecular weight is 294 g/mol. The molecule has 2 aliphatic heterocycles. The molecule has 1 aromatic carbocycles. The first kappa shape index (κ1) is 13.9. The first-order valence-electron chi connectivity index (χ1n) is 7.06.